The number of rotatable bonds is 4. The van der Waals surface area contributed by atoms with Crippen molar-refractivity contribution in [2.24, 2.45) is 34.3 Å². The Kier molecular flexibility index (Phi) is 2.40. The summed E-state index contributed by atoms with van der Waals surface area (Å²) in [6.45, 7) is 0.866. The quantitative estimate of drug-likeness (QED) is 0.251. The molecule has 0 saturated heterocycles. The van der Waals surface area contributed by atoms with Gasteiger partial charge in [-0.3, -0.25) is 10.4 Å². The molecule has 0 aromatic rings. The van der Waals surface area contributed by atoms with Crippen LogP contribution >= 0.6 is 0 Å². The molecular weight excluding hydrogens is 164 g/mol. The van der Waals surface area contributed by atoms with Crippen LogP contribution in [-0.2, 0) is 0 Å². The van der Waals surface area contributed by atoms with Crippen LogP contribution in [0.25, 0.3) is 0 Å². The number of guanidine groups is 1. The van der Waals surface area contributed by atoms with Gasteiger partial charge in [0.05, 0.1) is 0 Å². The summed E-state index contributed by atoms with van der Waals surface area (Å²) in [6, 6.07) is 0. The molecule has 0 spiro atoms. The third-order valence-corrected chi connectivity index (χ3v) is 3.08. The van der Waals surface area contributed by atoms with Crippen LogP contribution in [0, 0.1) is 17.8 Å². The molecule has 0 aromatic carbocycles. The molecule has 0 bridgehead atoms. The van der Waals surface area contributed by atoms with Crippen molar-refractivity contribution in [1.82, 2.24) is 5.43 Å². The lowest BCUT2D eigenvalue weighted by molar-refractivity contribution is 0.417. The summed E-state index contributed by atoms with van der Waals surface area (Å²) in [5, 5.41) is 0. The van der Waals surface area contributed by atoms with Gasteiger partial charge in [-0.05, 0) is 43.4 Å². The predicted octanol–water partition coefficient (Wildman–Crippen LogP) is 0.201. The Hall–Kier alpha value is -0.770. The lowest BCUT2D eigenvalue weighted by Crippen LogP contribution is -2.37. The molecule has 0 atom stereocenters. The fourth-order valence-electron chi connectivity index (χ4n) is 1.98. The van der Waals surface area contributed by atoms with Gasteiger partial charge in [-0.25, -0.2) is 5.84 Å². The average molecular weight is 182 g/mol. The number of nitrogens with one attached hydrogen (secondary N) is 1. The van der Waals surface area contributed by atoms with Gasteiger partial charge in [0.2, 0.25) is 5.96 Å². The molecule has 74 valence electrons. The highest BCUT2D eigenvalue weighted by Gasteiger charge is 2.40. The topological polar surface area (TPSA) is 76.4 Å². The molecule has 2 rings (SSSR count). The van der Waals surface area contributed by atoms with Crippen LogP contribution < -0.4 is 17.0 Å². The second kappa shape index (κ2) is 3.54. The Bertz CT molecular complexity index is 194. The van der Waals surface area contributed by atoms with Crippen molar-refractivity contribution in [2.45, 2.75) is 25.7 Å². The standard InChI is InChI=1S/C9H18N4/c10-9(13-11)12-5-8(6-1-2-6)7-3-4-7/h6-8H,1-5,11H2,(H3,10,12,13). The molecule has 2 aliphatic carbocycles. The molecule has 0 heterocycles. The Morgan fingerprint density at radius 2 is 1.85 bits per heavy atom. The number of hydrogen-bond donors (Lipinski definition) is 3. The van der Waals surface area contributed by atoms with Crippen LogP contribution in [0.3, 0.4) is 0 Å². The number of aliphatic imine (C=N–C) groups is 1. The predicted molar refractivity (Wildman–Crippen MR) is 52.8 cm³/mol. The molecule has 5 N–H and O–H groups in total. The molecule has 4 heteroatoms. The Balaban J connectivity index is 1.82. The largest absolute Gasteiger partial charge is 0.369 e. The molecular formula is C9H18N4. The lowest BCUT2D eigenvalue weighted by Gasteiger charge is -2.12. The highest BCUT2D eigenvalue weighted by molar-refractivity contribution is 5.77. The number of hydrogen-bond acceptors (Lipinski definition) is 2. The molecule has 0 unspecified atom stereocenters. The minimum atomic E-state index is 0.367. The summed E-state index contributed by atoms with van der Waals surface area (Å²) < 4.78 is 0. The van der Waals surface area contributed by atoms with Gasteiger partial charge < -0.3 is 5.73 Å². The molecule has 0 amide bonds. The second-order valence-corrected chi connectivity index (χ2v) is 4.21. The van der Waals surface area contributed by atoms with E-state index in [4.69, 9.17) is 11.6 Å². The summed E-state index contributed by atoms with van der Waals surface area (Å²) in [4.78, 5) is 4.22. The van der Waals surface area contributed by atoms with E-state index in [0.717, 1.165) is 24.3 Å². The minimum absolute atomic E-state index is 0.367. The minimum Gasteiger partial charge on any atom is -0.369 e. The van der Waals surface area contributed by atoms with Crippen LogP contribution in [0.4, 0.5) is 0 Å². The molecule has 2 aliphatic rings. The first kappa shape index (κ1) is 8.81. The zero-order valence-corrected chi connectivity index (χ0v) is 7.87. The van der Waals surface area contributed by atoms with Crippen molar-refractivity contribution in [3.63, 3.8) is 0 Å². The van der Waals surface area contributed by atoms with Gasteiger partial charge in [0, 0.05) is 6.54 Å². The molecule has 2 fully saturated rings. The third kappa shape index (κ3) is 2.34. The molecule has 0 radical (unpaired) electrons. The van der Waals surface area contributed by atoms with E-state index >= 15 is 0 Å². The van der Waals surface area contributed by atoms with Gasteiger partial charge in [-0.2, -0.15) is 0 Å². The van der Waals surface area contributed by atoms with Crippen molar-refractivity contribution in [1.29, 1.82) is 0 Å². The van der Waals surface area contributed by atoms with Crippen LogP contribution in [0.5, 0.6) is 0 Å². The van der Waals surface area contributed by atoms with Crippen molar-refractivity contribution >= 4 is 5.96 Å². The van der Waals surface area contributed by atoms with E-state index in [0.29, 0.717) is 5.96 Å². The highest BCUT2D eigenvalue weighted by atomic mass is 15.3. The average Bonchev–Trinajstić information content (AvgIpc) is 2.98. The zero-order valence-electron chi connectivity index (χ0n) is 7.87. The summed E-state index contributed by atoms with van der Waals surface area (Å²) in [7, 11) is 0. The van der Waals surface area contributed by atoms with E-state index in [9.17, 15) is 0 Å². The van der Waals surface area contributed by atoms with Crippen molar-refractivity contribution in [3.8, 4) is 0 Å². The van der Waals surface area contributed by atoms with E-state index in [1.54, 1.807) is 0 Å². The Morgan fingerprint density at radius 3 is 2.23 bits per heavy atom. The number of nitrogens with two attached hydrogens (primary N) is 2. The monoisotopic (exact) mass is 182 g/mol. The van der Waals surface area contributed by atoms with Crippen molar-refractivity contribution < 1.29 is 0 Å². The van der Waals surface area contributed by atoms with Gasteiger partial charge in [0.15, 0.2) is 0 Å². The van der Waals surface area contributed by atoms with Gasteiger partial charge in [-0.1, -0.05) is 0 Å². The molecule has 13 heavy (non-hydrogen) atoms. The molecule has 0 aromatic heterocycles. The first-order valence-corrected chi connectivity index (χ1v) is 5.08. The van der Waals surface area contributed by atoms with Crippen LogP contribution in [0.15, 0.2) is 4.99 Å². The van der Waals surface area contributed by atoms with Gasteiger partial charge >= 0.3 is 0 Å². The van der Waals surface area contributed by atoms with Crippen molar-refractivity contribution in [2.75, 3.05) is 6.54 Å². The van der Waals surface area contributed by atoms with Crippen LogP contribution in [0.2, 0.25) is 0 Å². The van der Waals surface area contributed by atoms with E-state index < -0.39 is 0 Å². The third-order valence-electron chi connectivity index (χ3n) is 3.08. The SMILES string of the molecule is NNC(N)=NCC(C1CC1)C1CC1. The summed E-state index contributed by atoms with van der Waals surface area (Å²) >= 11 is 0. The molecule has 2 saturated carbocycles. The zero-order chi connectivity index (χ0) is 9.26. The first-order valence-electron chi connectivity index (χ1n) is 5.08. The number of hydrazine groups is 1. The summed E-state index contributed by atoms with van der Waals surface area (Å²) in [5.41, 5.74) is 7.84. The van der Waals surface area contributed by atoms with Gasteiger partial charge in [-0.15, -0.1) is 0 Å². The maximum absolute atomic E-state index is 5.48. The van der Waals surface area contributed by atoms with E-state index in [1.165, 1.54) is 25.7 Å². The van der Waals surface area contributed by atoms with Crippen molar-refractivity contribution in [3.05, 3.63) is 0 Å². The fraction of sp³-hybridized carbons (Fsp3) is 0.889. The molecule has 0 aliphatic heterocycles. The second-order valence-electron chi connectivity index (χ2n) is 4.21. The van der Waals surface area contributed by atoms with Gasteiger partial charge in [0.1, 0.15) is 0 Å². The maximum Gasteiger partial charge on any atom is 0.203 e. The normalized spacial score (nSPS) is 23.7. The molecule has 4 nitrogen and oxygen atoms in total. The van der Waals surface area contributed by atoms with E-state index in [-0.39, 0.29) is 0 Å². The van der Waals surface area contributed by atoms with E-state index in [2.05, 4.69) is 10.4 Å². The highest BCUT2D eigenvalue weighted by Crippen LogP contribution is 2.49. The summed E-state index contributed by atoms with van der Waals surface area (Å²) in [5.74, 6) is 8.15. The smallest absolute Gasteiger partial charge is 0.203 e. The Labute approximate surface area is 78.7 Å². The lowest BCUT2D eigenvalue weighted by atomic mass is 9.98. The van der Waals surface area contributed by atoms with Crippen LogP contribution in [0.1, 0.15) is 25.7 Å². The van der Waals surface area contributed by atoms with Crippen LogP contribution in [-0.4, -0.2) is 12.5 Å². The van der Waals surface area contributed by atoms with Gasteiger partial charge in [0.25, 0.3) is 0 Å². The number of nitrogens with zero attached hydrogens (tertiary/aromatic N) is 1. The maximum atomic E-state index is 5.48. The fourth-order valence-corrected chi connectivity index (χ4v) is 1.98. The summed E-state index contributed by atoms with van der Waals surface area (Å²) in [6.07, 6.45) is 5.58. The first-order chi connectivity index (χ1) is 6.31. The van der Waals surface area contributed by atoms with E-state index in [1.807, 2.05) is 0 Å². The Morgan fingerprint density at radius 1 is 1.31 bits per heavy atom.